The smallest absolute Gasteiger partial charge is 0.227 e. The van der Waals surface area contributed by atoms with Crippen molar-refractivity contribution in [3.05, 3.63) is 30.0 Å². The number of carbonyl (C=O) groups is 2. The van der Waals surface area contributed by atoms with Crippen LogP contribution in [0.25, 0.3) is 10.9 Å². The van der Waals surface area contributed by atoms with Gasteiger partial charge in [-0.2, -0.15) is 0 Å². The van der Waals surface area contributed by atoms with Crippen molar-refractivity contribution in [3.63, 3.8) is 0 Å². The highest BCUT2D eigenvalue weighted by molar-refractivity contribution is 5.97. The van der Waals surface area contributed by atoms with Crippen molar-refractivity contribution in [2.45, 2.75) is 40.3 Å². The van der Waals surface area contributed by atoms with E-state index >= 15 is 0 Å². The third kappa shape index (κ3) is 4.64. The summed E-state index contributed by atoms with van der Waals surface area (Å²) in [4.78, 5) is 26.0. The first-order chi connectivity index (χ1) is 12.2. The molecule has 0 bridgehead atoms. The van der Waals surface area contributed by atoms with Gasteiger partial charge in [-0.05, 0) is 45.1 Å². The van der Waals surface area contributed by atoms with Gasteiger partial charge in [0, 0.05) is 31.0 Å². The van der Waals surface area contributed by atoms with E-state index in [1.54, 1.807) is 18.4 Å². The molecule has 1 unspecified atom stereocenters. The third-order valence-corrected chi connectivity index (χ3v) is 4.21. The van der Waals surface area contributed by atoms with Crippen LogP contribution < -0.4 is 10.1 Å². The number of hydrogen-bond acceptors (Lipinski definition) is 4. The molecule has 0 spiro atoms. The van der Waals surface area contributed by atoms with Crippen LogP contribution in [-0.4, -0.2) is 48.1 Å². The number of hydrogen-bond donors (Lipinski definition) is 1. The molecule has 1 heterocycles. The zero-order valence-electron chi connectivity index (χ0n) is 16.5. The first-order valence-electron chi connectivity index (χ1n) is 8.96. The van der Waals surface area contributed by atoms with Gasteiger partial charge in [0.2, 0.25) is 11.8 Å². The number of benzene rings is 1. The summed E-state index contributed by atoms with van der Waals surface area (Å²) >= 11 is 0. The average Bonchev–Trinajstić information content (AvgIpc) is 2.92. The molecule has 2 rings (SSSR count). The Morgan fingerprint density at radius 2 is 1.92 bits per heavy atom. The van der Waals surface area contributed by atoms with Crippen LogP contribution in [0.2, 0.25) is 0 Å². The Bertz CT molecular complexity index is 793. The number of nitrogens with one attached hydrogen (secondary N) is 1. The summed E-state index contributed by atoms with van der Waals surface area (Å²) in [5.41, 5.74) is 1.88. The van der Waals surface area contributed by atoms with E-state index in [1.807, 2.05) is 52.3 Å². The Balaban J connectivity index is 2.39. The summed E-state index contributed by atoms with van der Waals surface area (Å²) in [7, 11) is 4.04. The van der Waals surface area contributed by atoms with Crippen molar-refractivity contribution in [2.24, 2.45) is 5.92 Å². The third-order valence-electron chi connectivity index (χ3n) is 4.21. The fourth-order valence-electron chi connectivity index (χ4n) is 2.81. The Morgan fingerprint density at radius 1 is 1.23 bits per heavy atom. The molecule has 1 N–H and O–H groups in total. The van der Waals surface area contributed by atoms with Gasteiger partial charge in [-0.3, -0.25) is 14.2 Å². The van der Waals surface area contributed by atoms with Crippen LogP contribution in [0.4, 0.5) is 0 Å². The summed E-state index contributed by atoms with van der Waals surface area (Å²) < 4.78 is 7.68. The van der Waals surface area contributed by atoms with Gasteiger partial charge in [-0.15, -0.1) is 0 Å². The van der Waals surface area contributed by atoms with Crippen molar-refractivity contribution in [3.8, 4) is 5.75 Å². The lowest BCUT2D eigenvalue weighted by atomic mass is 10.1. The van der Waals surface area contributed by atoms with Crippen LogP contribution in [0, 0.1) is 5.92 Å². The average molecular weight is 359 g/mol. The monoisotopic (exact) mass is 359 g/mol. The Morgan fingerprint density at radius 3 is 2.50 bits per heavy atom. The minimum Gasteiger partial charge on any atom is -0.470 e. The Kier molecular flexibility index (Phi) is 6.42. The Labute approximate surface area is 155 Å². The molecule has 1 aromatic heterocycles. The van der Waals surface area contributed by atoms with Crippen LogP contribution >= 0.6 is 0 Å². The van der Waals surface area contributed by atoms with Crippen molar-refractivity contribution >= 4 is 22.7 Å². The first-order valence-corrected chi connectivity index (χ1v) is 8.96. The Hall–Kier alpha value is -2.34. The zero-order chi connectivity index (χ0) is 19.4. The second kappa shape index (κ2) is 8.36. The number of rotatable bonds is 7. The van der Waals surface area contributed by atoms with Gasteiger partial charge in [0.15, 0.2) is 6.23 Å². The molecule has 6 heteroatoms. The van der Waals surface area contributed by atoms with Gasteiger partial charge in [-0.25, -0.2) is 0 Å². The predicted molar refractivity (Wildman–Crippen MR) is 104 cm³/mol. The fourth-order valence-corrected chi connectivity index (χ4v) is 2.81. The number of likely N-dealkylation sites (N-methyl/N-ethyl adjacent to an activating group) is 1. The summed E-state index contributed by atoms with van der Waals surface area (Å²) in [6.45, 7) is 7.91. The number of nitrogens with zero attached hydrogens (tertiary/aromatic N) is 2. The lowest BCUT2D eigenvalue weighted by molar-refractivity contribution is -0.126. The maximum atomic E-state index is 12.0. The maximum absolute atomic E-state index is 12.0. The normalized spacial score (nSPS) is 12.6. The SMILES string of the molecule is CC(=O)n1cc(CCN(C)C)c2c(OC(C)NC(=O)C(C)C)cccc21. The van der Waals surface area contributed by atoms with Crippen LogP contribution in [0.3, 0.4) is 0 Å². The molecular formula is C20H29N3O3. The van der Waals surface area contributed by atoms with Crippen LogP contribution in [0.1, 0.15) is 38.1 Å². The molecule has 0 radical (unpaired) electrons. The van der Waals surface area contributed by atoms with Crippen molar-refractivity contribution in [2.75, 3.05) is 20.6 Å². The van der Waals surface area contributed by atoms with Crippen molar-refractivity contribution in [1.82, 2.24) is 14.8 Å². The van der Waals surface area contributed by atoms with Crippen LogP contribution in [0.5, 0.6) is 5.75 Å². The molecule has 0 fully saturated rings. The largest absolute Gasteiger partial charge is 0.470 e. The minimum atomic E-state index is -0.460. The quantitative estimate of drug-likeness (QED) is 0.772. The molecule has 0 aliphatic carbocycles. The summed E-state index contributed by atoms with van der Waals surface area (Å²) in [6.07, 6.45) is 2.23. The molecule has 2 aromatic rings. The second-order valence-electron chi connectivity index (χ2n) is 7.17. The van der Waals surface area contributed by atoms with Gasteiger partial charge in [0.05, 0.1) is 5.52 Å². The van der Waals surface area contributed by atoms with Gasteiger partial charge in [0.1, 0.15) is 5.75 Å². The summed E-state index contributed by atoms with van der Waals surface area (Å²) in [5.74, 6) is 0.474. The zero-order valence-corrected chi connectivity index (χ0v) is 16.5. The minimum absolute atomic E-state index is 0.0376. The number of carbonyl (C=O) groups excluding carboxylic acids is 2. The molecule has 1 atom stereocenters. The number of fused-ring (bicyclic) bond motifs is 1. The molecule has 1 amide bonds. The van der Waals surface area contributed by atoms with E-state index in [1.165, 1.54) is 0 Å². The van der Waals surface area contributed by atoms with E-state index in [2.05, 4.69) is 10.2 Å². The van der Waals surface area contributed by atoms with E-state index in [0.29, 0.717) is 5.75 Å². The molecule has 0 aliphatic heterocycles. The first kappa shape index (κ1) is 20.0. The molecule has 26 heavy (non-hydrogen) atoms. The fraction of sp³-hybridized carbons (Fsp3) is 0.500. The summed E-state index contributed by atoms with van der Waals surface area (Å²) in [6, 6.07) is 5.66. The second-order valence-corrected chi connectivity index (χ2v) is 7.17. The van der Waals surface area contributed by atoms with Crippen LogP contribution in [0.15, 0.2) is 24.4 Å². The molecule has 142 valence electrons. The molecule has 0 aliphatic rings. The highest BCUT2D eigenvalue weighted by Gasteiger charge is 2.18. The van der Waals surface area contributed by atoms with E-state index in [9.17, 15) is 9.59 Å². The predicted octanol–water partition coefficient (Wildman–Crippen LogP) is 2.90. The molecule has 0 saturated heterocycles. The van der Waals surface area contributed by atoms with E-state index in [0.717, 1.165) is 29.4 Å². The number of aromatic nitrogens is 1. The molecular weight excluding hydrogens is 330 g/mol. The lowest BCUT2D eigenvalue weighted by Crippen LogP contribution is -2.39. The van der Waals surface area contributed by atoms with Crippen molar-refractivity contribution < 1.29 is 14.3 Å². The van der Waals surface area contributed by atoms with E-state index < -0.39 is 6.23 Å². The maximum Gasteiger partial charge on any atom is 0.227 e. The molecule has 0 saturated carbocycles. The standard InChI is InChI=1S/C20H29N3O3/c1-13(2)20(25)21-14(3)26-18-9-7-8-17-19(18)16(10-11-22(5)6)12-23(17)15(4)24/h7-9,12-14H,10-11H2,1-6H3,(H,21,25). The topological polar surface area (TPSA) is 63.6 Å². The van der Waals surface area contributed by atoms with Gasteiger partial charge in [0.25, 0.3) is 0 Å². The number of ether oxygens (including phenoxy) is 1. The van der Waals surface area contributed by atoms with Gasteiger partial charge < -0.3 is 15.0 Å². The lowest BCUT2D eigenvalue weighted by Gasteiger charge is -2.19. The molecule has 1 aromatic carbocycles. The highest BCUT2D eigenvalue weighted by atomic mass is 16.5. The van der Waals surface area contributed by atoms with Gasteiger partial charge >= 0.3 is 0 Å². The summed E-state index contributed by atoms with van der Waals surface area (Å²) in [5, 5.41) is 3.77. The van der Waals surface area contributed by atoms with E-state index in [-0.39, 0.29) is 17.7 Å². The van der Waals surface area contributed by atoms with E-state index in [4.69, 9.17) is 4.74 Å². The molecule has 6 nitrogen and oxygen atoms in total. The van der Waals surface area contributed by atoms with Crippen molar-refractivity contribution in [1.29, 1.82) is 0 Å². The van der Waals surface area contributed by atoms with Crippen LogP contribution in [-0.2, 0) is 11.2 Å². The highest BCUT2D eigenvalue weighted by Crippen LogP contribution is 2.31. The van der Waals surface area contributed by atoms with Gasteiger partial charge in [-0.1, -0.05) is 19.9 Å². The number of amides is 1.